The Labute approximate surface area is 191 Å². The monoisotopic (exact) mass is 459 g/mol. The number of alkyl halides is 1. The molecule has 2 aliphatic heterocycles. The minimum atomic E-state index is -1.29. The molecule has 2 aliphatic rings. The number of aliphatic hydroxyl groups is 1. The van der Waals surface area contributed by atoms with E-state index < -0.39 is 42.0 Å². The van der Waals surface area contributed by atoms with Crippen molar-refractivity contribution in [3.63, 3.8) is 0 Å². The molecule has 8 heteroatoms. The number of urea groups is 1. The summed E-state index contributed by atoms with van der Waals surface area (Å²) in [7, 11) is 3.39. The van der Waals surface area contributed by atoms with Gasteiger partial charge >= 0.3 is 6.03 Å². The molecule has 33 heavy (non-hydrogen) atoms. The molecule has 2 aromatic carbocycles. The van der Waals surface area contributed by atoms with Crippen molar-refractivity contribution in [1.82, 2.24) is 14.7 Å². The number of piperidine rings is 1. The van der Waals surface area contributed by atoms with Crippen LogP contribution in [0.15, 0.2) is 54.6 Å². The van der Waals surface area contributed by atoms with E-state index in [2.05, 4.69) is 0 Å². The second-order valence-electron chi connectivity index (χ2n) is 8.86. The van der Waals surface area contributed by atoms with Gasteiger partial charge in [-0.15, -0.1) is 0 Å². The SMILES string of the molecule is CN1CC[C@H](N(C)C(=O)N2CC(c3cc(F)ccc3F)=C[C@@]2(CO)c2ccccc2)[C@@H](F)C1. The lowest BCUT2D eigenvalue weighted by Gasteiger charge is -2.43. The van der Waals surface area contributed by atoms with Crippen LogP contribution in [0.4, 0.5) is 18.0 Å². The lowest BCUT2D eigenvalue weighted by atomic mass is 9.89. The van der Waals surface area contributed by atoms with Crippen molar-refractivity contribution in [3.8, 4) is 0 Å². The summed E-state index contributed by atoms with van der Waals surface area (Å²) in [5.74, 6) is -1.22. The molecule has 0 saturated carbocycles. The van der Waals surface area contributed by atoms with Crippen molar-refractivity contribution >= 4 is 11.6 Å². The van der Waals surface area contributed by atoms with E-state index in [4.69, 9.17) is 0 Å². The van der Waals surface area contributed by atoms with Gasteiger partial charge in [0.05, 0.1) is 12.6 Å². The van der Waals surface area contributed by atoms with Crippen LogP contribution in [0.5, 0.6) is 0 Å². The van der Waals surface area contributed by atoms with Gasteiger partial charge in [0.2, 0.25) is 0 Å². The van der Waals surface area contributed by atoms with Gasteiger partial charge in [-0.3, -0.25) is 0 Å². The van der Waals surface area contributed by atoms with Crippen LogP contribution >= 0.6 is 0 Å². The van der Waals surface area contributed by atoms with E-state index in [1.165, 1.54) is 9.80 Å². The number of benzene rings is 2. The summed E-state index contributed by atoms with van der Waals surface area (Å²) in [6, 6.07) is 11.0. The molecule has 0 spiro atoms. The largest absolute Gasteiger partial charge is 0.393 e. The van der Waals surface area contributed by atoms with E-state index >= 15 is 0 Å². The van der Waals surface area contributed by atoms with Crippen LogP contribution in [-0.2, 0) is 5.54 Å². The number of halogens is 3. The molecule has 0 bridgehead atoms. The highest BCUT2D eigenvalue weighted by atomic mass is 19.1. The molecule has 2 aromatic rings. The Kier molecular flexibility index (Phi) is 6.50. The minimum Gasteiger partial charge on any atom is -0.393 e. The third-order valence-corrected chi connectivity index (χ3v) is 6.75. The quantitative estimate of drug-likeness (QED) is 0.760. The lowest BCUT2D eigenvalue weighted by molar-refractivity contribution is 0.0417. The third kappa shape index (κ3) is 4.25. The van der Waals surface area contributed by atoms with Crippen LogP contribution < -0.4 is 0 Å². The first-order valence-corrected chi connectivity index (χ1v) is 11.0. The number of amides is 2. The van der Waals surface area contributed by atoms with Gasteiger partial charge in [0, 0.05) is 32.2 Å². The maximum atomic E-state index is 14.8. The van der Waals surface area contributed by atoms with Gasteiger partial charge in [-0.1, -0.05) is 30.3 Å². The molecular formula is C25H28F3N3O2. The molecule has 0 aliphatic carbocycles. The maximum absolute atomic E-state index is 14.8. The Hall–Kier alpha value is -2.84. The molecule has 176 valence electrons. The van der Waals surface area contributed by atoms with Crippen LogP contribution in [0.3, 0.4) is 0 Å². The van der Waals surface area contributed by atoms with Crippen molar-refractivity contribution < 1.29 is 23.1 Å². The summed E-state index contributed by atoms with van der Waals surface area (Å²) in [6.45, 7) is 0.362. The molecule has 0 unspecified atom stereocenters. The number of hydrogen-bond donors (Lipinski definition) is 1. The number of carbonyl (C=O) groups excluding carboxylic acids is 1. The highest BCUT2D eigenvalue weighted by molar-refractivity contribution is 5.83. The van der Waals surface area contributed by atoms with Crippen molar-refractivity contribution in [2.24, 2.45) is 0 Å². The van der Waals surface area contributed by atoms with E-state index in [1.807, 2.05) is 18.0 Å². The molecular weight excluding hydrogens is 431 g/mol. The zero-order valence-corrected chi connectivity index (χ0v) is 18.7. The van der Waals surface area contributed by atoms with E-state index in [0.29, 0.717) is 24.1 Å². The number of rotatable bonds is 4. The first-order valence-electron chi connectivity index (χ1n) is 11.0. The zero-order chi connectivity index (χ0) is 23.8. The molecule has 0 radical (unpaired) electrons. The fourth-order valence-electron chi connectivity index (χ4n) is 4.87. The highest BCUT2D eigenvalue weighted by Crippen LogP contribution is 2.41. The fourth-order valence-corrected chi connectivity index (χ4v) is 4.87. The van der Waals surface area contributed by atoms with Gasteiger partial charge in [-0.25, -0.2) is 18.0 Å². The summed E-state index contributed by atoms with van der Waals surface area (Å²) < 4.78 is 43.4. The third-order valence-electron chi connectivity index (χ3n) is 6.75. The molecule has 1 N–H and O–H groups in total. The fraction of sp³-hybridized carbons (Fsp3) is 0.400. The normalized spacial score (nSPS) is 25.8. The Morgan fingerprint density at radius 1 is 1.21 bits per heavy atom. The maximum Gasteiger partial charge on any atom is 0.321 e. The van der Waals surface area contributed by atoms with Gasteiger partial charge in [0.25, 0.3) is 0 Å². The van der Waals surface area contributed by atoms with Crippen molar-refractivity contribution in [1.29, 1.82) is 0 Å². The van der Waals surface area contributed by atoms with Gasteiger partial charge in [0.1, 0.15) is 23.3 Å². The van der Waals surface area contributed by atoms with Crippen molar-refractivity contribution in [2.45, 2.75) is 24.2 Å². The standard InChI is InChI=1S/C25H28F3N3O2/c1-29-11-10-23(22(28)15-29)30(2)24(33)31-14-17(20-12-19(26)8-9-21(20)27)13-25(31,16-32)18-6-4-3-5-7-18/h3-9,12-13,22-23,32H,10-11,14-16H2,1-2H3/t22-,23-,25+/m0/s1. The van der Waals surface area contributed by atoms with Gasteiger partial charge < -0.3 is 19.8 Å². The minimum absolute atomic E-state index is 0.0318. The van der Waals surface area contributed by atoms with E-state index in [-0.39, 0.29) is 18.7 Å². The molecule has 3 atom stereocenters. The zero-order valence-electron chi connectivity index (χ0n) is 18.7. The Morgan fingerprint density at radius 3 is 2.61 bits per heavy atom. The number of aliphatic hydroxyl groups excluding tert-OH is 1. The van der Waals surface area contributed by atoms with Gasteiger partial charge in [-0.2, -0.15) is 0 Å². The van der Waals surface area contributed by atoms with Crippen LogP contribution in [0.1, 0.15) is 17.5 Å². The molecule has 5 nitrogen and oxygen atoms in total. The molecule has 2 heterocycles. The molecule has 0 aromatic heterocycles. The van der Waals surface area contributed by atoms with E-state index in [0.717, 1.165) is 18.2 Å². The summed E-state index contributed by atoms with van der Waals surface area (Å²) in [4.78, 5) is 18.4. The Balaban J connectivity index is 1.75. The smallest absolute Gasteiger partial charge is 0.321 e. The summed E-state index contributed by atoms with van der Waals surface area (Å²) in [5, 5.41) is 10.6. The topological polar surface area (TPSA) is 47.0 Å². The number of carbonyl (C=O) groups is 1. The number of hydrogen-bond acceptors (Lipinski definition) is 3. The predicted octanol–water partition coefficient (Wildman–Crippen LogP) is 3.65. The molecule has 1 fully saturated rings. The second-order valence-corrected chi connectivity index (χ2v) is 8.86. The lowest BCUT2D eigenvalue weighted by Crippen LogP contribution is -2.58. The predicted molar refractivity (Wildman–Crippen MR) is 120 cm³/mol. The van der Waals surface area contributed by atoms with Crippen LogP contribution in [0, 0.1) is 11.6 Å². The van der Waals surface area contributed by atoms with Crippen molar-refractivity contribution in [3.05, 3.63) is 77.4 Å². The van der Waals surface area contributed by atoms with E-state index in [1.54, 1.807) is 37.4 Å². The Morgan fingerprint density at radius 2 is 1.94 bits per heavy atom. The molecule has 4 rings (SSSR count). The summed E-state index contributed by atoms with van der Waals surface area (Å²) >= 11 is 0. The Bertz CT molecular complexity index is 1050. The number of nitrogens with zero attached hydrogens (tertiary/aromatic N) is 3. The number of likely N-dealkylation sites (tertiary alicyclic amines) is 1. The summed E-state index contributed by atoms with van der Waals surface area (Å²) in [5.41, 5.74) is -0.254. The highest BCUT2D eigenvalue weighted by Gasteiger charge is 2.47. The second kappa shape index (κ2) is 9.19. The first kappa shape index (κ1) is 23.3. The van der Waals surface area contributed by atoms with Crippen LogP contribution in [-0.4, -0.2) is 78.4 Å². The average molecular weight is 460 g/mol. The summed E-state index contributed by atoms with van der Waals surface area (Å²) in [6.07, 6.45) is 0.881. The van der Waals surface area contributed by atoms with Crippen LogP contribution in [0.2, 0.25) is 0 Å². The van der Waals surface area contributed by atoms with E-state index in [9.17, 15) is 23.1 Å². The van der Waals surface area contributed by atoms with Gasteiger partial charge in [-0.05, 0) is 48.9 Å². The van der Waals surface area contributed by atoms with Crippen molar-refractivity contribution in [2.75, 3.05) is 40.3 Å². The first-order chi connectivity index (χ1) is 15.8. The molecule has 1 saturated heterocycles. The van der Waals surface area contributed by atoms with Crippen LogP contribution in [0.25, 0.3) is 5.57 Å². The average Bonchev–Trinajstić information content (AvgIpc) is 3.21. The van der Waals surface area contributed by atoms with Gasteiger partial charge in [0.15, 0.2) is 0 Å². The molecule has 2 amide bonds.